The topological polar surface area (TPSA) is 52.3 Å². The van der Waals surface area contributed by atoms with E-state index >= 15 is 0 Å². The highest BCUT2D eigenvalue weighted by Crippen LogP contribution is 2.31. The molecule has 94 valence electrons. The summed E-state index contributed by atoms with van der Waals surface area (Å²) < 4.78 is 10.6. The van der Waals surface area contributed by atoms with E-state index in [1.165, 1.54) is 12.5 Å². The second kappa shape index (κ2) is 4.64. The summed E-state index contributed by atoms with van der Waals surface area (Å²) in [5.41, 5.74) is 3.20. The van der Waals surface area contributed by atoms with Crippen molar-refractivity contribution >= 4 is 5.97 Å². The van der Waals surface area contributed by atoms with Crippen LogP contribution in [-0.4, -0.2) is 11.0 Å². The van der Waals surface area contributed by atoms with E-state index < -0.39 is 5.97 Å². The molecule has 0 radical (unpaired) electrons. The van der Waals surface area contributed by atoms with Crippen molar-refractivity contribution < 1.29 is 13.9 Å². The highest BCUT2D eigenvalue weighted by atomic mass is 16.6. The number of esters is 1. The lowest BCUT2D eigenvalue weighted by Gasteiger charge is -2.04. The van der Waals surface area contributed by atoms with Gasteiger partial charge in [-0.2, -0.15) is 4.98 Å². The Hall–Kier alpha value is -2.10. The van der Waals surface area contributed by atoms with Gasteiger partial charge in [0.15, 0.2) is 11.7 Å². The van der Waals surface area contributed by atoms with Crippen molar-refractivity contribution in [3.05, 3.63) is 35.2 Å². The van der Waals surface area contributed by atoms with Crippen molar-refractivity contribution in [1.29, 1.82) is 0 Å². The number of aryl methyl sites for hydroxylation is 3. The molecule has 4 heteroatoms. The van der Waals surface area contributed by atoms with Gasteiger partial charge in [-0.15, -0.1) is 0 Å². The Balaban J connectivity index is 2.49. The quantitative estimate of drug-likeness (QED) is 0.762. The van der Waals surface area contributed by atoms with Gasteiger partial charge in [-0.25, -0.2) is 0 Å². The number of oxazole rings is 1. The van der Waals surface area contributed by atoms with Gasteiger partial charge in [0, 0.05) is 19.4 Å². The first kappa shape index (κ1) is 12.4. The molecule has 0 atom stereocenters. The number of ether oxygens (including phenoxy) is 1. The molecule has 4 nitrogen and oxygen atoms in total. The molecule has 0 aliphatic rings. The van der Waals surface area contributed by atoms with Crippen molar-refractivity contribution in [3.8, 4) is 17.2 Å². The third kappa shape index (κ3) is 2.42. The molecule has 0 unspecified atom stereocenters. The number of carbonyl (C=O) groups excluding carboxylic acids is 1. The van der Waals surface area contributed by atoms with Crippen LogP contribution in [0.25, 0.3) is 11.3 Å². The first-order valence-corrected chi connectivity index (χ1v) is 5.71. The average Bonchev–Trinajstić information content (AvgIpc) is 2.62. The Bertz CT molecular complexity index is 599. The normalized spacial score (nSPS) is 10.4. The van der Waals surface area contributed by atoms with E-state index in [9.17, 15) is 4.79 Å². The number of hydrogen-bond acceptors (Lipinski definition) is 4. The number of benzene rings is 1. The summed E-state index contributed by atoms with van der Waals surface area (Å²) in [4.78, 5) is 15.1. The fourth-order valence-corrected chi connectivity index (χ4v) is 1.68. The number of rotatable bonds is 2. The lowest BCUT2D eigenvalue weighted by Crippen LogP contribution is -2.02. The summed E-state index contributed by atoms with van der Waals surface area (Å²) in [7, 11) is 0. The van der Waals surface area contributed by atoms with Gasteiger partial charge in [-0.3, -0.25) is 4.79 Å². The minimum absolute atomic E-state index is 0.225. The summed E-state index contributed by atoms with van der Waals surface area (Å²) in [5, 5.41) is 0. The lowest BCUT2D eigenvalue weighted by molar-refractivity contribution is -0.132. The van der Waals surface area contributed by atoms with Crippen LogP contribution in [0, 0.1) is 20.8 Å². The summed E-state index contributed by atoms with van der Waals surface area (Å²) in [5.74, 6) is 0.780. The zero-order chi connectivity index (χ0) is 13.3. The number of aromatic nitrogens is 1. The van der Waals surface area contributed by atoms with Crippen LogP contribution in [0.15, 0.2) is 22.6 Å². The maximum Gasteiger partial charge on any atom is 0.309 e. The van der Waals surface area contributed by atoms with Crippen molar-refractivity contribution in [1.82, 2.24) is 4.98 Å². The summed E-state index contributed by atoms with van der Waals surface area (Å²) in [6.07, 6.45) is 0. The van der Waals surface area contributed by atoms with Crippen molar-refractivity contribution in [3.63, 3.8) is 0 Å². The fraction of sp³-hybridized carbons (Fsp3) is 0.286. The molecule has 0 N–H and O–H groups in total. The highest BCUT2D eigenvalue weighted by molar-refractivity contribution is 5.73. The van der Waals surface area contributed by atoms with E-state index in [0.717, 1.165) is 11.1 Å². The first-order chi connectivity index (χ1) is 8.47. The molecule has 1 aromatic heterocycles. The van der Waals surface area contributed by atoms with E-state index in [1.807, 2.05) is 32.0 Å². The summed E-state index contributed by atoms with van der Waals surface area (Å²) in [6.45, 7) is 7.12. The molecule has 0 bridgehead atoms. The minimum Gasteiger partial charge on any atom is -0.437 e. The van der Waals surface area contributed by atoms with Crippen molar-refractivity contribution in [2.45, 2.75) is 27.7 Å². The third-order valence-electron chi connectivity index (χ3n) is 2.71. The molecule has 2 aromatic rings. The monoisotopic (exact) mass is 245 g/mol. The van der Waals surface area contributed by atoms with Gasteiger partial charge in [0.05, 0.1) is 0 Å². The Kier molecular flexibility index (Phi) is 3.19. The zero-order valence-corrected chi connectivity index (χ0v) is 10.9. The molecule has 18 heavy (non-hydrogen) atoms. The zero-order valence-electron chi connectivity index (χ0n) is 10.9. The van der Waals surface area contributed by atoms with Gasteiger partial charge in [0.25, 0.3) is 5.88 Å². The van der Waals surface area contributed by atoms with Crippen LogP contribution in [-0.2, 0) is 4.79 Å². The Morgan fingerprint density at radius 3 is 2.56 bits per heavy atom. The largest absolute Gasteiger partial charge is 0.437 e. The molecule has 1 heterocycles. The molecular weight excluding hydrogens is 230 g/mol. The predicted molar refractivity (Wildman–Crippen MR) is 67.5 cm³/mol. The molecule has 0 aliphatic heterocycles. The average molecular weight is 245 g/mol. The molecule has 1 aromatic carbocycles. The molecule has 2 rings (SSSR count). The van der Waals surface area contributed by atoms with Gasteiger partial charge >= 0.3 is 5.97 Å². The third-order valence-corrected chi connectivity index (χ3v) is 2.71. The van der Waals surface area contributed by atoms with Crippen molar-refractivity contribution in [2.75, 3.05) is 0 Å². The Morgan fingerprint density at radius 2 is 1.94 bits per heavy atom. The van der Waals surface area contributed by atoms with Crippen LogP contribution >= 0.6 is 0 Å². The van der Waals surface area contributed by atoms with Gasteiger partial charge in [-0.1, -0.05) is 12.1 Å². The van der Waals surface area contributed by atoms with E-state index in [0.29, 0.717) is 11.7 Å². The van der Waals surface area contributed by atoms with Gasteiger partial charge < -0.3 is 9.15 Å². The van der Waals surface area contributed by atoms with Gasteiger partial charge in [-0.05, 0) is 31.0 Å². The van der Waals surface area contributed by atoms with Crippen LogP contribution in [0.3, 0.4) is 0 Å². The van der Waals surface area contributed by atoms with Crippen LogP contribution in [0.5, 0.6) is 5.88 Å². The molecule has 0 fully saturated rings. The molecule has 0 amide bonds. The van der Waals surface area contributed by atoms with Gasteiger partial charge in [0.1, 0.15) is 0 Å². The van der Waals surface area contributed by atoms with Crippen LogP contribution in [0.1, 0.15) is 23.9 Å². The summed E-state index contributed by atoms with van der Waals surface area (Å²) in [6, 6.07) is 5.91. The van der Waals surface area contributed by atoms with Crippen LogP contribution in [0.2, 0.25) is 0 Å². The molecule has 0 saturated carbocycles. The van der Waals surface area contributed by atoms with E-state index in [1.54, 1.807) is 6.92 Å². The maximum absolute atomic E-state index is 11.0. The SMILES string of the molecule is CC(=O)Oc1nc(C)oc1-c1ccc(C)c(C)c1. The maximum atomic E-state index is 11.0. The second-order valence-corrected chi connectivity index (χ2v) is 4.26. The summed E-state index contributed by atoms with van der Waals surface area (Å²) >= 11 is 0. The first-order valence-electron chi connectivity index (χ1n) is 5.71. The van der Waals surface area contributed by atoms with E-state index in [4.69, 9.17) is 9.15 Å². The standard InChI is InChI=1S/C14H15NO3/c1-8-5-6-12(7-9(8)2)13-14(18-11(4)16)15-10(3)17-13/h5-7H,1-4H3. The van der Waals surface area contributed by atoms with Gasteiger partial charge in [0.2, 0.25) is 0 Å². The molecule has 0 spiro atoms. The highest BCUT2D eigenvalue weighted by Gasteiger charge is 2.16. The number of carbonyl (C=O) groups is 1. The Morgan fingerprint density at radius 1 is 1.22 bits per heavy atom. The Labute approximate surface area is 106 Å². The smallest absolute Gasteiger partial charge is 0.309 e. The molecule has 0 saturated heterocycles. The lowest BCUT2D eigenvalue weighted by atomic mass is 10.1. The number of nitrogens with zero attached hydrogens (tertiary/aromatic N) is 1. The fourth-order valence-electron chi connectivity index (χ4n) is 1.68. The van der Waals surface area contributed by atoms with Crippen LogP contribution in [0.4, 0.5) is 0 Å². The minimum atomic E-state index is -0.409. The molecule has 0 aliphatic carbocycles. The second-order valence-electron chi connectivity index (χ2n) is 4.26. The van der Waals surface area contributed by atoms with E-state index in [-0.39, 0.29) is 5.88 Å². The van der Waals surface area contributed by atoms with Crippen molar-refractivity contribution in [2.24, 2.45) is 0 Å². The molecular formula is C14H15NO3. The van der Waals surface area contributed by atoms with Crippen LogP contribution < -0.4 is 4.74 Å². The van der Waals surface area contributed by atoms with E-state index in [2.05, 4.69) is 4.98 Å². The number of hydrogen-bond donors (Lipinski definition) is 0. The predicted octanol–water partition coefficient (Wildman–Crippen LogP) is 3.19.